The normalized spacial score (nSPS) is 11.9. The Bertz CT molecular complexity index is 425. The highest BCUT2D eigenvalue weighted by Crippen LogP contribution is 2.24. The molecule has 4 heteroatoms. The van der Waals surface area contributed by atoms with Crippen molar-refractivity contribution in [2.75, 3.05) is 11.9 Å². The topological polar surface area (TPSA) is 61.8 Å². The Balaban J connectivity index is 3.05. The summed E-state index contributed by atoms with van der Waals surface area (Å²) in [7, 11) is 2.11. The molecule has 0 bridgehead atoms. The van der Waals surface area contributed by atoms with Crippen molar-refractivity contribution in [3.05, 3.63) is 29.3 Å². The molecule has 0 aliphatic carbocycles. The third kappa shape index (κ3) is 2.94. The number of rotatable bonds is 5. The highest BCUT2D eigenvalue weighted by atomic mass is 16.4. The number of oxime groups is 1. The second-order valence-electron chi connectivity index (χ2n) is 4.57. The summed E-state index contributed by atoms with van der Waals surface area (Å²) in [6, 6.07) is 6.40. The lowest BCUT2D eigenvalue weighted by molar-refractivity contribution is 0.318. The molecule has 18 heavy (non-hydrogen) atoms. The second kappa shape index (κ2) is 6.28. The minimum Gasteiger partial charge on any atom is -0.409 e. The Morgan fingerprint density at radius 1 is 1.39 bits per heavy atom. The number of nitrogens with two attached hydrogens (primary N) is 1. The van der Waals surface area contributed by atoms with Crippen LogP contribution >= 0.6 is 0 Å². The van der Waals surface area contributed by atoms with Crippen molar-refractivity contribution in [2.24, 2.45) is 10.9 Å². The van der Waals surface area contributed by atoms with E-state index in [1.165, 1.54) is 5.69 Å². The smallest absolute Gasteiger partial charge is 0.170 e. The van der Waals surface area contributed by atoms with E-state index in [0.29, 0.717) is 6.04 Å². The molecule has 0 spiro atoms. The molecule has 0 heterocycles. The van der Waals surface area contributed by atoms with Gasteiger partial charge in [0.25, 0.3) is 0 Å². The number of nitrogens with zero attached hydrogens (tertiary/aromatic N) is 2. The maximum atomic E-state index is 8.67. The lowest BCUT2D eigenvalue weighted by atomic mass is 10.1. The van der Waals surface area contributed by atoms with Gasteiger partial charge in [-0.2, -0.15) is 0 Å². The minimum absolute atomic E-state index is 0.148. The average molecular weight is 249 g/mol. The Labute approximate surface area is 109 Å². The van der Waals surface area contributed by atoms with E-state index in [1.54, 1.807) is 0 Å². The fraction of sp³-hybridized carbons (Fsp3) is 0.500. The van der Waals surface area contributed by atoms with E-state index < -0.39 is 0 Å². The highest BCUT2D eigenvalue weighted by molar-refractivity contribution is 5.97. The first-order valence-electron chi connectivity index (χ1n) is 6.36. The summed E-state index contributed by atoms with van der Waals surface area (Å²) in [5.74, 6) is 0.148. The van der Waals surface area contributed by atoms with Crippen LogP contribution in [0, 0.1) is 6.92 Å². The Morgan fingerprint density at radius 3 is 2.44 bits per heavy atom. The second-order valence-corrected chi connectivity index (χ2v) is 4.57. The molecule has 4 nitrogen and oxygen atoms in total. The van der Waals surface area contributed by atoms with Gasteiger partial charge in [-0.3, -0.25) is 0 Å². The van der Waals surface area contributed by atoms with Crippen LogP contribution in [0.15, 0.2) is 23.4 Å². The third-order valence-corrected chi connectivity index (χ3v) is 3.47. The summed E-state index contributed by atoms with van der Waals surface area (Å²) in [5, 5.41) is 11.7. The van der Waals surface area contributed by atoms with Crippen molar-refractivity contribution in [2.45, 2.75) is 39.7 Å². The monoisotopic (exact) mass is 249 g/mol. The van der Waals surface area contributed by atoms with Crippen molar-refractivity contribution < 1.29 is 5.21 Å². The number of hydrogen-bond donors (Lipinski definition) is 2. The van der Waals surface area contributed by atoms with Crippen molar-refractivity contribution in [1.29, 1.82) is 0 Å². The number of benzene rings is 1. The van der Waals surface area contributed by atoms with Gasteiger partial charge >= 0.3 is 0 Å². The molecular formula is C14H23N3O. The van der Waals surface area contributed by atoms with Crippen LogP contribution in [0.5, 0.6) is 0 Å². The first-order valence-corrected chi connectivity index (χ1v) is 6.36. The summed E-state index contributed by atoms with van der Waals surface area (Å²) in [6.45, 7) is 6.44. The summed E-state index contributed by atoms with van der Waals surface area (Å²) >= 11 is 0. The lowest BCUT2D eigenvalue weighted by Crippen LogP contribution is -2.31. The van der Waals surface area contributed by atoms with E-state index in [9.17, 15) is 0 Å². The van der Waals surface area contributed by atoms with Crippen molar-refractivity contribution >= 4 is 11.5 Å². The molecule has 0 aromatic heterocycles. The van der Waals surface area contributed by atoms with Crippen LogP contribution in [0.25, 0.3) is 0 Å². The van der Waals surface area contributed by atoms with Crippen LogP contribution in [-0.2, 0) is 0 Å². The van der Waals surface area contributed by atoms with Gasteiger partial charge in [0.2, 0.25) is 0 Å². The molecule has 0 radical (unpaired) electrons. The zero-order valence-corrected chi connectivity index (χ0v) is 11.6. The van der Waals surface area contributed by atoms with E-state index in [0.717, 1.165) is 24.0 Å². The van der Waals surface area contributed by atoms with E-state index in [1.807, 2.05) is 25.1 Å². The average Bonchev–Trinajstić information content (AvgIpc) is 2.38. The summed E-state index contributed by atoms with van der Waals surface area (Å²) in [4.78, 5) is 2.30. The van der Waals surface area contributed by atoms with Gasteiger partial charge in [-0.15, -0.1) is 0 Å². The van der Waals surface area contributed by atoms with Crippen LogP contribution in [0.3, 0.4) is 0 Å². The largest absolute Gasteiger partial charge is 0.409 e. The molecule has 0 saturated carbocycles. The molecule has 0 amide bonds. The molecule has 1 aromatic rings. The fourth-order valence-corrected chi connectivity index (χ4v) is 2.30. The van der Waals surface area contributed by atoms with E-state index in [4.69, 9.17) is 10.9 Å². The van der Waals surface area contributed by atoms with Crippen LogP contribution in [0.2, 0.25) is 0 Å². The molecule has 0 aliphatic rings. The van der Waals surface area contributed by atoms with E-state index in [2.05, 4.69) is 31.0 Å². The zero-order chi connectivity index (χ0) is 13.7. The van der Waals surface area contributed by atoms with Gasteiger partial charge in [0.1, 0.15) is 0 Å². The standard InChI is InChI=1S/C14H23N3O/c1-5-12(6-2)17(4)13-8-7-11(9-10(13)3)14(15)16-18/h7-9,12,18H,5-6H2,1-4H3,(H2,15,16). The Kier molecular flexibility index (Phi) is 5.01. The molecular weight excluding hydrogens is 226 g/mol. The minimum atomic E-state index is 0.148. The Hall–Kier alpha value is -1.71. The molecule has 0 atom stereocenters. The predicted octanol–water partition coefficient (Wildman–Crippen LogP) is 2.71. The summed E-state index contributed by atoms with van der Waals surface area (Å²) < 4.78 is 0. The molecule has 3 N–H and O–H groups in total. The van der Waals surface area contributed by atoms with Gasteiger partial charge in [-0.1, -0.05) is 19.0 Å². The van der Waals surface area contributed by atoms with Gasteiger partial charge in [0, 0.05) is 24.3 Å². The summed E-state index contributed by atoms with van der Waals surface area (Å²) in [6.07, 6.45) is 2.24. The highest BCUT2D eigenvalue weighted by Gasteiger charge is 2.13. The number of anilines is 1. The number of amidine groups is 1. The lowest BCUT2D eigenvalue weighted by Gasteiger charge is -2.30. The first-order chi connectivity index (χ1) is 8.54. The molecule has 0 saturated heterocycles. The predicted molar refractivity (Wildman–Crippen MR) is 76.5 cm³/mol. The molecule has 0 unspecified atom stereocenters. The van der Waals surface area contributed by atoms with E-state index >= 15 is 0 Å². The van der Waals surface area contributed by atoms with E-state index in [-0.39, 0.29) is 5.84 Å². The van der Waals surface area contributed by atoms with Crippen LogP contribution in [-0.4, -0.2) is 24.1 Å². The third-order valence-electron chi connectivity index (χ3n) is 3.47. The first kappa shape index (κ1) is 14.4. The van der Waals surface area contributed by atoms with Gasteiger partial charge in [0.15, 0.2) is 5.84 Å². The van der Waals surface area contributed by atoms with Crippen LogP contribution in [0.4, 0.5) is 5.69 Å². The van der Waals surface area contributed by atoms with Crippen molar-refractivity contribution in [3.8, 4) is 0 Å². The van der Waals surface area contributed by atoms with Crippen LogP contribution in [0.1, 0.15) is 37.8 Å². The number of hydrogen-bond acceptors (Lipinski definition) is 3. The quantitative estimate of drug-likeness (QED) is 0.365. The van der Waals surface area contributed by atoms with Gasteiger partial charge in [-0.05, 0) is 43.5 Å². The maximum Gasteiger partial charge on any atom is 0.170 e. The Morgan fingerprint density at radius 2 is 2.00 bits per heavy atom. The van der Waals surface area contributed by atoms with Gasteiger partial charge in [0.05, 0.1) is 0 Å². The maximum absolute atomic E-state index is 8.67. The molecule has 0 aliphatic heterocycles. The fourth-order valence-electron chi connectivity index (χ4n) is 2.30. The van der Waals surface area contributed by atoms with Gasteiger partial charge < -0.3 is 15.8 Å². The SMILES string of the molecule is CCC(CC)N(C)c1ccc(/C(N)=N/O)cc1C. The van der Waals surface area contributed by atoms with Crippen LogP contribution < -0.4 is 10.6 Å². The molecule has 0 fully saturated rings. The number of aryl methyl sites for hydroxylation is 1. The van der Waals surface area contributed by atoms with Crippen molar-refractivity contribution in [1.82, 2.24) is 0 Å². The van der Waals surface area contributed by atoms with Crippen molar-refractivity contribution in [3.63, 3.8) is 0 Å². The molecule has 100 valence electrons. The molecule has 1 rings (SSSR count). The van der Waals surface area contributed by atoms with Gasteiger partial charge in [-0.25, -0.2) is 0 Å². The zero-order valence-electron chi connectivity index (χ0n) is 11.6. The summed E-state index contributed by atoms with van der Waals surface area (Å²) in [5.41, 5.74) is 8.66. The molecule has 1 aromatic carbocycles.